The largest absolute Gasteiger partial charge is 0.271 e. The van der Waals surface area contributed by atoms with E-state index in [4.69, 9.17) is 5.84 Å². The molecule has 3 N–H and O–H groups in total. The Morgan fingerprint density at radius 1 is 1.57 bits per heavy atom. The molecular formula is C9H18N2O2S. The maximum atomic E-state index is 11.7. The summed E-state index contributed by atoms with van der Waals surface area (Å²) >= 11 is 0. The molecule has 0 saturated carbocycles. The Bertz CT molecular complexity index is 287. The fourth-order valence-corrected chi connectivity index (χ4v) is 4.06. The Morgan fingerprint density at radius 2 is 2.29 bits per heavy atom. The summed E-state index contributed by atoms with van der Waals surface area (Å²) in [6.45, 7) is 3.60. The Labute approximate surface area is 85.4 Å². The quantitative estimate of drug-likeness (QED) is 0.406. The summed E-state index contributed by atoms with van der Waals surface area (Å²) in [5.74, 6) is 5.65. The molecule has 1 heterocycles. The number of rotatable bonds is 4. The highest BCUT2D eigenvalue weighted by Crippen LogP contribution is 2.23. The molecule has 0 amide bonds. The van der Waals surface area contributed by atoms with Gasteiger partial charge in [-0.2, -0.15) is 0 Å². The second-order valence-electron chi connectivity index (χ2n) is 3.70. The molecular weight excluding hydrogens is 200 g/mol. The van der Waals surface area contributed by atoms with Crippen molar-refractivity contribution in [2.24, 2.45) is 5.84 Å². The van der Waals surface area contributed by atoms with Crippen molar-refractivity contribution in [3.63, 3.8) is 0 Å². The fraction of sp³-hybridized carbons (Fsp3) is 0.778. The zero-order valence-electron chi connectivity index (χ0n) is 8.28. The van der Waals surface area contributed by atoms with Crippen LogP contribution in [0.5, 0.6) is 0 Å². The second kappa shape index (κ2) is 4.91. The van der Waals surface area contributed by atoms with Gasteiger partial charge in [-0.3, -0.25) is 11.3 Å². The fourth-order valence-electron chi connectivity index (χ4n) is 1.94. The molecule has 82 valence electrons. The van der Waals surface area contributed by atoms with Crippen molar-refractivity contribution in [2.45, 2.75) is 37.0 Å². The summed E-state index contributed by atoms with van der Waals surface area (Å²) < 4.78 is 23.5. The average molecular weight is 218 g/mol. The van der Waals surface area contributed by atoms with Gasteiger partial charge in [0.25, 0.3) is 0 Å². The third-order valence-corrected chi connectivity index (χ3v) is 5.06. The van der Waals surface area contributed by atoms with Crippen molar-refractivity contribution < 1.29 is 8.42 Å². The lowest BCUT2D eigenvalue weighted by molar-refractivity contribution is 0.445. The van der Waals surface area contributed by atoms with Gasteiger partial charge in [0, 0.05) is 6.04 Å². The lowest BCUT2D eigenvalue weighted by atomic mass is 10.1. The van der Waals surface area contributed by atoms with Gasteiger partial charge < -0.3 is 0 Å². The first-order valence-corrected chi connectivity index (χ1v) is 6.62. The van der Waals surface area contributed by atoms with E-state index in [9.17, 15) is 8.42 Å². The Kier molecular flexibility index (Phi) is 4.10. The zero-order valence-corrected chi connectivity index (χ0v) is 9.09. The van der Waals surface area contributed by atoms with Crippen LogP contribution in [0.25, 0.3) is 0 Å². The molecule has 1 rings (SSSR count). The minimum absolute atomic E-state index is 0.183. The molecule has 0 radical (unpaired) electrons. The summed E-state index contributed by atoms with van der Waals surface area (Å²) in [6.07, 6.45) is 4.77. The molecule has 0 aliphatic carbocycles. The summed E-state index contributed by atoms with van der Waals surface area (Å²) in [5, 5.41) is -0.334. The van der Waals surface area contributed by atoms with E-state index in [1.807, 2.05) is 0 Å². The monoisotopic (exact) mass is 218 g/mol. The molecule has 4 nitrogen and oxygen atoms in total. The summed E-state index contributed by atoms with van der Waals surface area (Å²) in [5.41, 5.74) is 2.58. The van der Waals surface area contributed by atoms with Gasteiger partial charge in [-0.25, -0.2) is 8.42 Å². The van der Waals surface area contributed by atoms with E-state index in [-0.39, 0.29) is 11.3 Å². The van der Waals surface area contributed by atoms with E-state index in [2.05, 4.69) is 12.0 Å². The van der Waals surface area contributed by atoms with E-state index in [0.29, 0.717) is 18.6 Å². The van der Waals surface area contributed by atoms with Gasteiger partial charge in [0.1, 0.15) is 0 Å². The number of nitrogens with one attached hydrogen (secondary N) is 1. The summed E-state index contributed by atoms with van der Waals surface area (Å²) in [4.78, 5) is 0. The number of hydrogen-bond donors (Lipinski definition) is 2. The second-order valence-corrected chi connectivity index (χ2v) is 6.04. The van der Waals surface area contributed by atoms with Gasteiger partial charge in [-0.15, -0.1) is 6.58 Å². The van der Waals surface area contributed by atoms with Crippen molar-refractivity contribution >= 4 is 9.84 Å². The van der Waals surface area contributed by atoms with Crippen LogP contribution in [0.1, 0.15) is 25.7 Å². The highest BCUT2D eigenvalue weighted by atomic mass is 32.2. The van der Waals surface area contributed by atoms with Crippen molar-refractivity contribution in [2.75, 3.05) is 5.75 Å². The normalized spacial score (nSPS) is 28.2. The number of sulfone groups is 1. The van der Waals surface area contributed by atoms with Gasteiger partial charge in [0.2, 0.25) is 0 Å². The van der Waals surface area contributed by atoms with E-state index in [0.717, 1.165) is 12.8 Å². The number of hydrazine groups is 1. The molecule has 2 atom stereocenters. The van der Waals surface area contributed by atoms with Crippen LogP contribution in [0.2, 0.25) is 0 Å². The SMILES string of the molecule is C=CCC(NN)C1CCCCS1(=O)=O. The zero-order chi connectivity index (χ0) is 10.6. The first-order valence-electron chi connectivity index (χ1n) is 4.90. The van der Waals surface area contributed by atoms with E-state index in [1.165, 1.54) is 0 Å². The lowest BCUT2D eigenvalue weighted by Crippen LogP contribution is -2.49. The van der Waals surface area contributed by atoms with Crippen LogP contribution in [0.15, 0.2) is 12.7 Å². The molecule has 0 aromatic heterocycles. The van der Waals surface area contributed by atoms with Crippen molar-refractivity contribution in [1.82, 2.24) is 5.43 Å². The third-order valence-electron chi connectivity index (χ3n) is 2.71. The summed E-state index contributed by atoms with van der Waals surface area (Å²) in [7, 11) is -2.95. The lowest BCUT2D eigenvalue weighted by Gasteiger charge is -2.28. The van der Waals surface area contributed by atoms with Crippen LogP contribution in [0.4, 0.5) is 0 Å². The van der Waals surface area contributed by atoms with Crippen LogP contribution in [0.3, 0.4) is 0 Å². The van der Waals surface area contributed by atoms with Crippen LogP contribution in [-0.2, 0) is 9.84 Å². The predicted octanol–water partition coefficient (Wildman–Crippen LogP) is 0.362. The van der Waals surface area contributed by atoms with Crippen LogP contribution >= 0.6 is 0 Å². The predicted molar refractivity (Wildman–Crippen MR) is 57.4 cm³/mol. The first-order chi connectivity index (χ1) is 6.61. The van der Waals surface area contributed by atoms with Crippen molar-refractivity contribution in [3.8, 4) is 0 Å². The molecule has 1 saturated heterocycles. The van der Waals surface area contributed by atoms with Crippen LogP contribution < -0.4 is 11.3 Å². The van der Waals surface area contributed by atoms with Crippen molar-refractivity contribution in [1.29, 1.82) is 0 Å². The van der Waals surface area contributed by atoms with Crippen LogP contribution in [0, 0.1) is 0 Å². The van der Waals surface area contributed by atoms with Gasteiger partial charge in [0.15, 0.2) is 9.84 Å². The smallest absolute Gasteiger partial charge is 0.154 e. The summed E-state index contributed by atoms with van der Waals surface area (Å²) in [6, 6.07) is -0.183. The van der Waals surface area contributed by atoms with Gasteiger partial charge >= 0.3 is 0 Å². The first kappa shape index (κ1) is 11.7. The molecule has 5 heteroatoms. The Morgan fingerprint density at radius 3 is 2.79 bits per heavy atom. The maximum absolute atomic E-state index is 11.7. The number of nitrogens with two attached hydrogens (primary N) is 1. The Balaban J connectivity index is 2.76. The van der Waals surface area contributed by atoms with Gasteiger partial charge in [-0.1, -0.05) is 12.5 Å². The molecule has 0 aromatic carbocycles. The molecule has 1 aliphatic rings. The minimum atomic E-state index is -2.95. The third kappa shape index (κ3) is 2.56. The molecule has 0 aromatic rings. The van der Waals surface area contributed by atoms with Crippen LogP contribution in [-0.4, -0.2) is 25.5 Å². The minimum Gasteiger partial charge on any atom is -0.271 e. The molecule has 1 fully saturated rings. The molecule has 0 spiro atoms. The maximum Gasteiger partial charge on any atom is 0.154 e. The molecule has 14 heavy (non-hydrogen) atoms. The Hall–Kier alpha value is -0.390. The standard InChI is InChI=1S/C9H18N2O2S/c1-2-5-8(11-10)9-6-3-4-7-14(9,12)13/h2,8-9,11H,1,3-7,10H2. The van der Waals surface area contributed by atoms with Gasteiger partial charge in [0.05, 0.1) is 11.0 Å². The van der Waals surface area contributed by atoms with E-state index in [1.54, 1.807) is 6.08 Å². The van der Waals surface area contributed by atoms with Gasteiger partial charge in [-0.05, 0) is 19.3 Å². The van der Waals surface area contributed by atoms with E-state index >= 15 is 0 Å². The topological polar surface area (TPSA) is 72.2 Å². The highest BCUT2D eigenvalue weighted by molar-refractivity contribution is 7.92. The molecule has 1 aliphatic heterocycles. The average Bonchev–Trinajstić information content (AvgIpc) is 2.14. The molecule has 0 bridgehead atoms. The highest BCUT2D eigenvalue weighted by Gasteiger charge is 2.34. The van der Waals surface area contributed by atoms with E-state index < -0.39 is 9.84 Å². The number of hydrogen-bond acceptors (Lipinski definition) is 4. The van der Waals surface area contributed by atoms with Crippen molar-refractivity contribution in [3.05, 3.63) is 12.7 Å². The molecule has 2 unspecified atom stereocenters.